The van der Waals surface area contributed by atoms with Crippen LogP contribution in [0.4, 0.5) is 0 Å². The first-order chi connectivity index (χ1) is 0. The van der Waals surface area contributed by atoms with Gasteiger partial charge in [-0.3, -0.25) is 0 Å². The minimum absolute atomic E-state index is 0. The molecule has 0 atom stereocenters. The number of hydrogen-bond acceptors (Lipinski definition) is 0. The molecule has 0 amide bonds. The standard InChI is InChI=1S/2ClH.Na.U.H/h2*1H;;;/q;;+1;;-1. The van der Waals surface area contributed by atoms with Gasteiger partial charge in [0.15, 0.2) is 0 Å². The van der Waals surface area contributed by atoms with Gasteiger partial charge in [0.25, 0.3) is 0 Å². The van der Waals surface area contributed by atoms with Crippen LogP contribution in [0.5, 0.6) is 0 Å². The minimum Gasteiger partial charge on any atom is -1.00 e. The van der Waals surface area contributed by atoms with Crippen LogP contribution in [0.3, 0.4) is 0 Å². The fourth-order valence-electron chi connectivity index (χ4n) is 0. The molecule has 0 aromatic rings. The summed E-state index contributed by atoms with van der Waals surface area (Å²) in [6.07, 6.45) is 0. The van der Waals surface area contributed by atoms with E-state index in [-0.39, 0.29) is 86.9 Å². The molecule has 0 heterocycles. The Morgan fingerprint density at radius 2 is 1.00 bits per heavy atom. The smallest absolute Gasteiger partial charge is 1.00 e. The maximum absolute atomic E-state index is 0. The molecule has 4 heteroatoms. The third kappa shape index (κ3) is 8.82. The van der Waals surface area contributed by atoms with Crippen molar-refractivity contribution in [2.24, 2.45) is 0 Å². The van der Waals surface area contributed by atoms with Crippen molar-refractivity contribution < 1.29 is 62.1 Å². The Kier molecular flexibility index (Phi) is 132. The monoisotopic (exact) mass is 334 g/mol. The van der Waals surface area contributed by atoms with Crippen LogP contribution in [0.25, 0.3) is 0 Å². The van der Waals surface area contributed by atoms with Crippen molar-refractivity contribution in [3.8, 4) is 0 Å². The summed E-state index contributed by atoms with van der Waals surface area (Å²) < 4.78 is 0. The SMILES string of the molecule is Cl.Cl.[H-].[Na+].[U]. The predicted octanol–water partition coefficient (Wildman–Crippen LogP) is -2.04. The van der Waals surface area contributed by atoms with E-state index in [9.17, 15) is 0 Å². The van der Waals surface area contributed by atoms with Gasteiger partial charge in [-0.2, -0.15) is 0 Å². The molecular formula is H3Cl2NaU. The second-order valence-electron chi connectivity index (χ2n) is 0. The fraction of sp³-hybridized carbons (Fsp3) is 0. The molecule has 0 aliphatic rings. The Hall–Kier alpha value is 2.63. The van der Waals surface area contributed by atoms with Crippen LogP contribution in [-0.2, 0) is 0 Å². The summed E-state index contributed by atoms with van der Waals surface area (Å²) in [6, 6.07) is 0. The summed E-state index contributed by atoms with van der Waals surface area (Å²) in [5.41, 5.74) is 0. The molecule has 0 aliphatic heterocycles. The van der Waals surface area contributed by atoms with Crippen molar-refractivity contribution in [3.05, 3.63) is 0 Å². The molecule has 22 valence electrons. The van der Waals surface area contributed by atoms with Gasteiger partial charge in [0, 0.05) is 31.1 Å². The van der Waals surface area contributed by atoms with Gasteiger partial charge < -0.3 is 1.43 Å². The molecule has 0 saturated heterocycles. The van der Waals surface area contributed by atoms with Crippen LogP contribution in [0.2, 0.25) is 0 Å². The molecule has 0 N–H and O–H groups in total. The first kappa shape index (κ1) is 30.4. The van der Waals surface area contributed by atoms with Gasteiger partial charge in [0.2, 0.25) is 0 Å². The molecule has 0 saturated carbocycles. The van der Waals surface area contributed by atoms with Gasteiger partial charge >= 0.3 is 29.6 Å². The minimum atomic E-state index is 0. The van der Waals surface area contributed by atoms with Crippen LogP contribution >= 0.6 is 24.8 Å². The average Bonchev–Trinajstić information content (AvgIpc) is 0. The molecule has 0 radical (unpaired) electrons. The molecule has 0 unspecified atom stereocenters. The predicted molar refractivity (Wildman–Crippen MR) is 15.6 cm³/mol. The summed E-state index contributed by atoms with van der Waals surface area (Å²) in [5, 5.41) is 0. The summed E-state index contributed by atoms with van der Waals surface area (Å²) >= 11 is 0. The van der Waals surface area contributed by atoms with E-state index in [4.69, 9.17) is 0 Å². The Morgan fingerprint density at radius 1 is 1.00 bits per heavy atom. The Bertz CT molecular complexity index is 9.61. The summed E-state index contributed by atoms with van der Waals surface area (Å²) in [7, 11) is 0. The van der Waals surface area contributed by atoms with Crippen molar-refractivity contribution in [1.29, 1.82) is 0 Å². The Morgan fingerprint density at radius 3 is 1.00 bits per heavy atom. The van der Waals surface area contributed by atoms with Crippen LogP contribution < -0.4 is 29.6 Å². The molecule has 0 nitrogen and oxygen atoms in total. The van der Waals surface area contributed by atoms with Crippen molar-refractivity contribution in [2.45, 2.75) is 0 Å². The summed E-state index contributed by atoms with van der Waals surface area (Å²) in [6.45, 7) is 0. The Balaban J connectivity index is 0. The number of rotatable bonds is 0. The number of halogens is 2. The number of hydrogen-bond donors (Lipinski definition) is 0. The molecule has 0 fully saturated rings. The van der Waals surface area contributed by atoms with E-state index in [0.29, 0.717) is 0 Å². The van der Waals surface area contributed by atoms with E-state index in [1.165, 1.54) is 0 Å². The zero-order valence-electron chi connectivity index (χ0n) is 3.32. The van der Waals surface area contributed by atoms with Crippen LogP contribution in [0, 0.1) is 31.1 Å². The van der Waals surface area contributed by atoms with Gasteiger partial charge in [0.1, 0.15) is 0 Å². The van der Waals surface area contributed by atoms with E-state index >= 15 is 0 Å². The third-order valence-electron chi connectivity index (χ3n) is 0. The second-order valence-corrected chi connectivity index (χ2v) is 0. The molecule has 0 aliphatic carbocycles. The van der Waals surface area contributed by atoms with Gasteiger partial charge in [-0.25, -0.2) is 0 Å². The van der Waals surface area contributed by atoms with Gasteiger partial charge in [-0.15, -0.1) is 24.8 Å². The quantitative estimate of drug-likeness (QED) is 0.448. The van der Waals surface area contributed by atoms with Crippen LogP contribution in [0.15, 0.2) is 0 Å². The molecule has 0 aromatic heterocycles. The first-order valence-corrected chi connectivity index (χ1v) is 0. The maximum Gasteiger partial charge on any atom is 1.00 e. The third-order valence-corrected chi connectivity index (χ3v) is 0. The first-order valence-electron chi connectivity index (χ1n) is 0. The van der Waals surface area contributed by atoms with Crippen LogP contribution in [0.1, 0.15) is 1.43 Å². The average molecular weight is 335 g/mol. The van der Waals surface area contributed by atoms with Gasteiger partial charge in [-0.1, -0.05) is 0 Å². The van der Waals surface area contributed by atoms with Gasteiger partial charge in [0.05, 0.1) is 0 Å². The van der Waals surface area contributed by atoms with E-state index in [1.54, 1.807) is 0 Å². The van der Waals surface area contributed by atoms with E-state index < -0.39 is 0 Å². The molecule has 0 bridgehead atoms. The Labute approximate surface area is 85.5 Å². The van der Waals surface area contributed by atoms with Crippen molar-refractivity contribution in [3.63, 3.8) is 0 Å². The summed E-state index contributed by atoms with van der Waals surface area (Å²) in [4.78, 5) is 0. The zero-order valence-corrected chi connectivity index (χ0v) is 10.1. The van der Waals surface area contributed by atoms with Crippen LogP contribution in [-0.4, -0.2) is 0 Å². The normalized spacial score (nSPS) is 0. The second kappa shape index (κ2) is 17.4. The van der Waals surface area contributed by atoms with E-state index in [0.717, 1.165) is 0 Å². The van der Waals surface area contributed by atoms with E-state index in [2.05, 4.69) is 0 Å². The molecule has 0 aromatic carbocycles. The fourth-order valence-corrected chi connectivity index (χ4v) is 0. The van der Waals surface area contributed by atoms with Crippen molar-refractivity contribution in [2.75, 3.05) is 0 Å². The maximum atomic E-state index is 0. The summed E-state index contributed by atoms with van der Waals surface area (Å²) in [5.74, 6) is 0. The van der Waals surface area contributed by atoms with Crippen molar-refractivity contribution in [1.82, 2.24) is 0 Å². The van der Waals surface area contributed by atoms with E-state index in [1.807, 2.05) is 0 Å². The molecule has 4 heavy (non-hydrogen) atoms. The van der Waals surface area contributed by atoms with Gasteiger partial charge in [-0.05, 0) is 0 Å². The zero-order chi connectivity index (χ0) is 0. The molecular weight excluding hydrogens is 332 g/mol. The van der Waals surface area contributed by atoms with Crippen molar-refractivity contribution >= 4 is 24.8 Å². The topological polar surface area (TPSA) is 0 Å². The largest absolute Gasteiger partial charge is 1.00 e. The molecule has 0 spiro atoms. The molecule has 0 rings (SSSR count).